The van der Waals surface area contributed by atoms with Gasteiger partial charge in [0.2, 0.25) is 5.91 Å². The zero-order valence-corrected chi connectivity index (χ0v) is 8.93. The summed E-state index contributed by atoms with van der Waals surface area (Å²) >= 11 is 1.24. The molecular weight excluding hydrogens is 218 g/mol. The fourth-order valence-electron chi connectivity index (χ4n) is 0.963. The molecule has 1 heterocycles. The van der Waals surface area contributed by atoms with Gasteiger partial charge in [-0.3, -0.25) is 4.79 Å². The molecule has 0 fully saturated rings. The first-order valence-electron chi connectivity index (χ1n) is 4.23. The maximum atomic E-state index is 10.7. The van der Waals surface area contributed by atoms with Crippen LogP contribution in [-0.4, -0.2) is 28.5 Å². The summed E-state index contributed by atoms with van der Waals surface area (Å²) in [5.41, 5.74) is 4.99. The van der Waals surface area contributed by atoms with Gasteiger partial charge in [-0.15, -0.1) is 11.3 Å². The number of aromatic nitrogens is 1. The van der Waals surface area contributed by atoms with E-state index in [1.807, 2.05) is 0 Å². The van der Waals surface area contributed by atoms with E-state index < -0.39 is 11.9 Å². The number of aryl methyl sites for hydroxylation is 1. The third kappa shape index (κ3) is 3.21. The van der Waals surface area contributed by atoms with E-state index in [1.54, 1.807) is 6.92 Å². The molecule has 4 N–H and O–H groups in total. The second-order valence-electron chi connectivity index (χ2n) is 2.87. The van der Waals surface area contributed by atoms with Crippen molar-refractivity contribution in [1.29, 1.82) is 0 Å². The summed E-state index contributed by atoms with van der Waals surface area (Å²) in [4.78, 5) is 25.6. The number of nitrogens with zero attached hydrogens (tertiary/aromatic N) is 1. The molecule has 0 bridgehead atoms. The number of thiazole rings is 1. The van der Waals surface area contributed by atoms with E-state index in [2.05, 4.69) is 10.3 Å². The van der Waals surface area contributed by atoms with Gasteiger partial charge in [0.1, 0.15) is 0 Å². The normalized spacial score (nSPS) is 9.93. The molecule has 0 radical (unpaired) electrons. The monoisotopic (exact) mass is 229 g/mol. The number of carbonyl (C=O) groups excluding carboxylic acids is 1. The van der Waals surface area contributed by atoms with Crippen LogP contribution in [0.1, 0.15) is 21.8 Å². The van der Waals surface area contributed by atoms with E-state index >= 15 is 0 Å². The van der Waals surface area contributed by atoms with Crippen molar-refractivity contribution in [3.05, 3.63) is 10.6 Å². The predicted molar refractivity (Wildman–Crippen MR) is 56.1 cm³/mol. The lowest BCUT2D eigenvalue weighted by Crippen LogP contribution is -2.15. The third-order valence-corrected chi connectivity index (χ3v) is 2.58. The minimum Gasteiger partial charge on any atom is -0.476 e. The minimum atomic E-state index is -1.05. The van der Waals surface area contributed by atoms with Gasteiger partial charge in [0.25, 0.3) is 0 Å². The second kappa shape index (κ2) is 4.74. The molecule has 0 saturated carbocycles. The third-order valence-electron chi connectivity index (χ3n) is 1.65. The number of hydrogen-bond acceptors (Lipinski definition) is 5. The number of nitrogens with one attached hydrogen (secondary N) is 1. The van der Waals surface area contributed by atoms with Gasteiger partial charge in [0.05, 0.1) is 0 Å². The van der Waals surface area contributed by atoms with Crippen LogP contribution in [0.3, 0.4) is 0 Å². The molecule has 1 amide bonds. The van der Waals surface area contributed by atoms with Crippen LogP contribution in [0.25, 0.3) is 0 Å². The van der Waals surface area contributed by atoms with Gasteiger partial charge in [0.15, 0.2) is 10.8 Å². The number of anilines is 1. The number of hydrogen-bond donors (Lipinski definition) is 3. The summed E-state index contributed by atoms with van der Waals surface area (Å²) in [5.74, 6) is -1.46. The molecule has 0 spiro atoms. The van der Waals surface area contributed by atoms with Crippen molar-refractivity contribution in [3.63, 3.8) is 0 Å². The molecule has 1 rings (SSSR count). The number of aromatic carboxylic acids is 1. The molecular formula is C8H11N3O3S. The summed E-state index contributed by atoms with van der Waals surface area (Å²) in [7, 11) is 0. The fourth-order valence-corrected chi connectivity index (χ4v) is 1.79. The molecule has 15 heavy (non-hydrogen) atoms. The number of nitrogens with two attached hydrogens (primary N) is 1. The van der Waals surface area contributed by atoms with Gasteiger partial charge >= 0.3 is 5.97 Å². The number of carbonyl (C=O) groups is 2. The van der Waals surface area contributed by atoms with Crippen molar-refractivity contribution in [2.24, 2.45) is 5.73 Å². The van der Waals surface area contributed by atoms with Crippen molar-refractivity contribution in [3.8, 4) is 0 Å². The molecule has 1 aromatic heterocycles. The molecule has 0 unspecified atom stereocenters. The number of carboxylic acids is 1. The van der Waals surface area contributed by atoms with Crippen LogP contribution >= 0.6 is 11.3 Å². The Kier molecular flexibility index (Phi) is 3.62. The van der Waals surface area contributed by atoms with Crippen molar-refractivity contribution in [1.82, 2.24) is 4.98 Å². The van der Waals surface area contributed by atoms with Crippen molar-refractivity contribution in [2.45, 2.75) is 13.3 Å². The van der Waals surface area contributed by atoms with Crippen LogP contribution < -0.4 is 11.1 Å². The highest BCUT2D eigenvalue weighted by Gasteiger charge is 2.13. The molecule has 7 heteroatoms. The molecule has 0 aliphatic rings. The molecule has 6 nitrogen and oxygen atoms in total. The van der Waals surface area contributed by atoms with Crippen molar-refractivity contribution < 1.29 is 14.7 Å². The van der Waals surface area contributed by atoms with Crippen LogP contribution in [0.5, 0.6) is 0 Å². The lowest BCUT2D eigenvalue weighted by molar-refractivity contribution is -0.117. The van der Waals surface area contributed by atoms with Gasteiger partial charge in [-0.1, -0.05) is 0 Å². The Morgan fingerprint density at radius 1 is 1.60 bits per heavy atom. The van der Waals surface area contributed by atoms with Gasteiger partial charge in [-0.05, 0) is 6.92 Å². The quantitative estimate of drug-likeness (QED) is 0.679. The summed E-state index contributed by atoms with van der Waals surface area (Å²) in [6.07, 6.45) is 0.195. The largest absolute Gasteiger partial charge is 0.476 e. The Morgan fingerprint density at radius 3 is 2.73 bits per heavy atom. The molecule has 0 aliphatic carbocycles. The summed E-state index contributed by atoms with van der Waals surface area (Å²) in [5, 5.41) is 12.1. The number of primary amides is 1. The van der Waals surface area contributed by atoms with Gasteiger partial charge in [0, 0.05) is 17.8 Å². The Morgan fingerprint density at radius 2 is 2.27 bits per heavy atom. The SMILES string of the molecule is Cc1sc(NCCC(N)=O)nc1C(=O)O. The maximum absolute atomic E-state index is 10.7. The molecule has 0 saturated heterocycles. The van der Waals surface area contributed by atoms with Gasteiger partial charge < -0.3 is 16.2 Å². The van der Waals surface area contributed by atoms with Gasteiger partial charge in [-0.25, -0.2) is 9.78 Å². The minimum absolute atomic E-state index is 0.0431. The fraction of sp³-hybridized carbons (Fsp3) is 0.375. The molecule has 0 aliphatic heterocycles. The number of amides is 1. The van der Waals surface area contributed by atoms with Crippen LogP contribution in [0.15, 0.2) is 0 Å². The van der Waals surface area contributed by atoms with Crippen molar-refractivity contribution >= 4 is 28.3 Å². The van der Waals surface area contributed by atoms with Gasteiger partial charge in [-0.2, -0.15) is 0 Å². The Hall–Kier alpha value is -1.63. The topological polar surface area (TPSA) is 105 Å². The Bertz CT molecular complexity index is 388. The summed E-state index contributed by atoms with van der Waals surface area (Å²) < 4.78 is 0. The zero-order chi connectivity index (χ0) is 11.4. The standard InChI is InChI=1S/C8H11N3O3S/c1-4-6(7(13)14)11-8(15-4)10-3-2-5(9)12/h2-3H2,1H3,(H2,9,12)(H,10,11)(H,13,14). The lowest BCUT2D eigenvalue weighted by atomic mass is 10.4. The Labute approximate surface area is 90.1 Å². The highest BCUT2D eigenvalue weighted by molar-refractivity contribution is 7.15. The molecule has 1 aromatic rings. The summed E-state index contributed by atoms with van der Waals surface area (Å²) in [6, 6.07) is 0. The van der Waals surface area contributed by atoms with E-state index in [9.17, 15) is 9.59 Å². The van der Waals surface area contributed by atoms with Crippen LogP contribution in [0.2, 0.25) is 0 Å². The van der Waals surface area contributed by atoms with Crippen LogP contribution in [0, 0.1) is 6.92 Å². The number of carboxylic acid groups (broad SMARTS) is 1. The van der Waals surface area contributed by atoms with Crippen LogP contribution in [-0.2, 0) is 4.79 Å². The van der Waals surface area contributed by atoms with E-state index in [0.29, 0.717) is 16.6 Å². The first-order valence-corrected chi connectivity index (χ1v) is 5.05. The molecule has 82 valence electrons. The highest BCUT2D eigenvalue weighted by Crippen LogP contribution is 2.21. The van der Waals surface area contributed by atoms with Crippen molar-refractivity contribution in [2.75, 3.05) is 11.9 Å². The highest BCUT2D eigenvalue weighted by atomic mass is 32.1. The van der Waals surface area contributed by atoms with E-state index in [-0.39, 0.29) is 12.1 Å². The Balaban J connectivity index is 2.59. The maximum Gasteiger partial charge on any atom is 0.355 e. The average Bonchev–Trinajstić information content (AvgIpc) is 2.46. The molecule has 0 atom stereocenters. The van der Waals surface area contributed by atoms with E-state index in [0.717, 1.165) is 0 Å². The first kappa shape index (κ1) is 11.4. The first-order chi connectivity index (χ1) is 7.00. The zero-order valence-electron chi connectivity index (χ0n) is 8.11. The van der Waals surface area contributed by atoms with E-state index in [1.165, 1.54) is 11.3 Å². The number of rotatable bonds is 5. The summed E-state index contributed by atoms with van der Waals surface area (Å²) in [6.45, 7) is 2.04. The molecule has 0 aromatic carbocycles. The predicted octanol–water partition coefficient (Wildman–Crippen LogP) is 0.437. The second-order valence-corrected chi connectivity index (χ2v) is 4.08. The average molecular weight is 229 g/mol. The van der Waals surface area contributed by atoms with Crippen LogP contribution in [0.4, 0.5) is 5.13 Å². The smallest absolute Gasteiger partial charge is 0.355 e. The van der Waals surface area contributed by atoms with E-state index in [4.69, 9.17) is 10.8 Å². The lowest BCUT2D eigenvalue weighted by Gasteiger charge is -1.98.